The quantitative estimate of drug-likeness (QED) is 0.498. The van der Waals surface area contributed by atoms with Crippen molar-refractivity contribution in [2.75, 3.05) is 0 Å². The number of carbonyl (C=O) groups is 2. The first kappa shape index (κ1) is 16.6. The van der Waals surface area contributed by atoms with Gasteiger partial charge in [-0.15, -0.1) is 12.6 Å². The van der Waals surface area contributed by atoms with E-state index in [0.29, 0.717) is 12.0 Å². The Hall–Kier alpha value is -1.49. The van der Waals surface area contributed by atoms with E-state index in [2.05, 4.69) is 12.6 Å². The van der Waals surface area contributed by atoms with Crippen LogP contribution in [0, 0.1) is 5.92 Å². The highest BCUT2D eigenvalue weighted by molar-refractivity contribution is 7.80. The summed E-state index contributed by atoms with van der Waals surface area (Å²) in [6.45, 7) is 5.17. The van der Waals surface area contributed by atoms with Crippen molar-refractivity contribution in [1.82, 2.24) is 0 Å². The molecule has 1 aromatic carbocycles. The van der Waals surface area contributed by atoms with E-state index in [1.807, 2.05) is 6.07 Å². The van der Waals surface area contributed by atoms with E-state index in [1.165, 1.54) is 0 Å². The lowest BCUT2D eigenvalue weighted by Crippen LogP contribution is -2.24. The number of rotatable bonds is 6. The van der Waals surface area contributed by atoms with E-state index in [4.69, 9.17) is 9.47 Å². The van der Waals surface area contributed by atoms with Crippen LogP contribution in [0.25, 0.3) is 0 Å². The number of benzene rings is 1. The van der Waals surface area contributed by atoms with Crippen molar-refractivity contribution in [2.24, 2.45) is 5.92 Å². The molecule has 0 saturated carbocycles. The second-order valence-electron chi connectivity index (χ2n) is 4.75. The molecule has 20 heavy (non-hydrogen) atoms. The molecule has 110 valence electrons. The first-order valence-electron chi connectivity index (χ1n) is 6.54. The van der Waals surface area contributed by atoms with Gasteiger partial charge in [-0.2, -0.15) is 0 Å². The van der Waals surface area contributed by atoms with Crippen LogP contribution in [-0.2, 0) is 14.3 Å². The zero-order valence-corrected chi connectivity index (χ0v) is 12.8. The Kier molecular flexibility index (Phi) is 6.58. The number of carbonyl (C=O) groups excluding carboxylic acids is 2. The lowest BCUT2D eigenvalue weighted by Gasteiger charge is -2.18. The predicted octanol–water partition coefficient (Wildman–Crippen LogP) is 3.08. The second-order valence-corrected chi connectivity index (χ2v) is 5.48. The zero-order chi connectivity index (χ0) is 15.1. The van der Waals surface area contributed by atoms with Crippen LogP contribution in [0.2, 0.25) is 0 Å². The summed E-state index contributed by atoms with van der Waals surface area (Å²) < 4.78 is 10.3. The van der Waals surface area contributed by atoms with Gasteiger partial charge in [-0.05, 0) is 32.4 Å². The zero-order valence-electron chi connectivity index (χ0n) is 11.9. The smallest absolute Gasteiger partial charge is 0.338 e. The van der Waals surface area contributed by atoms with Gasteiger partial charge in [0.25, 0.3) is 0 Å². The molecule has 3 atom stereocenters. The topological polar surface area (TPSA) is 52.6 Å². The van der Waals surface area contributed by atoms with Crippen LogP contribution in [-0.4, -0.2) is 23.5 Å². The van der Waals surface area contributed by atoms with Crippen LogP contribution in [0.15, 0.2) is 30.3 Å². The third-order valence-corrected chi connectivity index (χ3v) is 2.80. The molecule has 0 aliphatic carbocycles. The molecule has 0 saturated heterocycles. The van der Waals surface area contributed by atoms with Crippen molar-refractivity contribution in [3.05, 3.63) is 35.9 Å². The van der Waals surface area contributed by atoms with Gasteiger partial charge in [0.1, 0.15) is 11.5 Å². The van der Waals surface area contributed by atoms with E-state index in [0.717, 1.165) is 0 Å². The molecule has 1 rings (SSSR count). The summed E-state index contributed by atoms with van der Waals surface area (Å²) in [6, 6.07) is 8.76. The highest BCUT2D eigenvalue weighted by Gasteiger charge is 2.21. The van der Waals surface area contributed by atoms with Gasteiger partial charge in [0.05, 0.1) is 11.5 Å². The van der Waals surface area contributed by atoms with Gasteiger partial charge in [-0.1, -0.05) is 25.1 Å². The van der Waals surface area contributed by atoms with Crippen molar-refractivity contribution in [1.29, 1.82) is 0 Å². The molecule has 3 unspecified atom stereocenters. The molecule has 0 amide bonds. The Morgan fingerprint density at radius 2 is 1.70 bits per heavy atom. The summed E-state index contributed by atoms with van der Waals surface area (Å²) in [5.74, 6) is -1.07. The van der Waals surface area contributed by atoms with Gasteiger partial charge in [-0.25, -0.2) is 4.79 Å². The van der Waals surface area contributed by atoms with Crippen molar-refractivity contribution in [3.8, 4) is 0 Å². The predicted molar refractivity (Wildman–Crippen MR) is 79.6 cm³/mol. The summed E-state index contributed by atoms with van der Waals surface area (Å²) in [5, 5.41) is 0. The number of ether oxygens (including phenoxy) is 2. The minimum atomic E-state index is -0.438. The monoisotopic (exact) mass is 296 g/mol. The molecule has 0 spiro atoms. The molecule has 0 fully saturated rings. The molecule has 0 aromatic heterocycles. The Balaban J connectivity index is 2.45. The Morgan fingerprint density at radius 1 is 1.10 bits per heavy atom. The van der Waals surface area contributed by atoms with Crippen LogP contribution >= 0.6 is 12.6 Å². The molecule has 5 heteroatoms. The van der Waals surface area contributed by atoms with Crippen LogP contribution in [0.5, 0.6) is 0 Å². The third-order valence-electron chi connectivity index (χ3n) is 2.69. The number of hydrogen-bond donors (Lipinski definition) is 1. The number of esters is 2. The van der Waals surface area contributed by atoms with Crippen LogP contribution < -0.4 is 0 Å². The largest absolute Gasteiger partial charge is 0.459 e. The standard InChI is InChI=1S/C15H20O4S/c1-10(14(16)19-12(3)20)9-11(2)18-15(17)13-7-5-4-6-8-13/h4-8,10-12,20H,9H2,1-3H3. The molecule has 0 bridgehead atoms. The Bertz CT molecular complexity index is 444. The molecule has 1 aromatic rings. The van der Waals surface area contributed by atoms with Gasteiger partial charge < -0.3 is 9.47 Å². The molecular formula is C15H20O4S. The normalized spacial score (nSPS) is 15.0. The first-order valence-corrected chi connectivity index (χ1v) is 7.06. The van der Waals surface area contributed by atoms with Crippen molar-refractivity contribution < 1.29 is 19.1 Å². The van der Waals surface area contributed by atoms with E-state index >= 15 is 0 Å². The number of hydrogen-bond acceptors (Lipinski definition) is 5. The fourth-order valence-electron chi connectivity index (χ4n) is 1.75. The fraction of sp³-hybridized carbons (Fsp3) is 0.467. The lowest BCUT2D eigenvalue weighted by molar-refractivity contribution is -0.149. The van der Waals surface area contributed by atoms with Crippen LogP contribution in [0.1, 0.15) is 37.6 Å². The highest BCUT2D eigenvalue weighted by Crippen LogP contribution is 2.14. The van der Waals surface area contributed by atoms with Crippen molar-refractivity contribution >= 4 is 24.6 Å². The van der Waals surface area contributed by atoms with Crippen molar-refractivity contribution in [2.45, 2.75) is 38.7 Å². The first-order chi connectivity index (χ1) is 9.40. The van der Waals surface area contributed by atoms with Gasteiger partial charge in [-0.3, -0.25) is 4.79 Å². The maximum absolute atomic E-state index is 11.8. The van der Waals surface area contributed by atoms with Crippen LogP contribution in [0.4, 0.5) is 0 Å². The van der Waals surface area contributed by atoms with Crippen molar-refractivity contribution in [3.63, 3.8) is 0 Å². The summed E-state index contributed by atoms with van der Waals surface area (Å²) in [4.78, 5) is 23.5. The molecule has 0 aliphatic rings. The third kappa shape index (κ3) is 5.65. The fourth-order valence-corrected chi connectivity index (χ4v) is 1.86. The number of thiol groups is 1. The molecule has 0 N–H and O–H groups in total. The minimum absolute atomic E-state index is 0.338. The van der Waals surface area contributed by atoms with Gasteiger partial charge in [0.15, 0.2) is 0 Å². The average molecular weight is 296 g/mol. The van der Waals surface area contributed by atoms with E-state index in [-0.39, 0.29) is 24.0 Å². The molecule has 0 heterocycles. The molecule has 0 radical (unpaired) electrons. The molecular weight excluding hydrogens is 276 g/mol. The highest BCUT2D eigenvalue weighted by atomic mass is 32.1. The summed E-state index contributed by atoms with van der Waals surface area (Å²) >= 11 is 4.00. The maximum atomic E-state index is 11.8. The summed E-state index contributed by atoms with van der Waals surface area (Å²) in [7, 11) is 0. The van der Waals surface area contributed by atoms with E-state index < -0.39 is 5.44 Å². The van der Waals surface area contributed by atoms with E-state index in [1.54, 1.807) is 45.0 Å². The average Bonchev–Trinajstić information content (AvgIpc) is 2.38. The Labute approximate surface area is 124 Å². The van der Waals surface area contributed by atoms with Gasteiger partial charge >= 0.3 is 11.9 Å². The van der Waals surface area contributed by atoms with Gasteiger partial charge in [0, 0.05) is 0 Å². The lowest BCUT2D eigenvalue weighted by atomic mass is 10.0. The molecule has 4 nitrogen and oxygen atoms in total. The Morgan fingerprint density at radius 3 is 2.25 bits per heavy atom. The van der Waals surface area contributed by atoms with Crippen LogP contribution in [0.3, 0.4) is 0 Å². The summed E-state index contributed by atoms with van der Waals surface area (Å²) in [5.41, 5.74) is 0.0608. The van der Waals surface area contributed by atoms with Gasteiger partial charge in [0.2, 0.25) is 0 Å². The second kappa shape index (κ2) is 7.94. The van der Waals surface area contributed by atoms with E-state index in [9.17, 15) is 9.59 Å². The molecule has 0 aliphatic heterocycles. The summed E-state index contributed by atoms with van der Waals surface area (Å²) in [6.07, 6.45) is 0.0539. The minimum Gasteiger partial charge on any atom is -0.459 e. The SMILES string of the molecule is CC(S)OC(=O)C(C)CC(C)OC(=O)c1ccccc1. The maximum Gasteiger partial charge on any atom is 0.338 e.